The first-order chi connectivity index (χ1) is 18.5. The van der Waals surface area contributed by atoms with Crippen LogP contribution in [0.3, 0.4) is 0 Å². The van der Waals surface area contributed by atoms with E-state index >= 15 is 0 Å². The SMILES string of the molecule is O=C1CCC(C(=O)N(Cc2ccccc2)C(Cc2ccccc2)C(=O)C(=O)NCCCc2ccccc2)N1. The van der Waals surface area contributed by atoms with E-state index < -0.39 is 23.8 Å². The van der Waals surface area contributed by atoms with Gasteiger partial charge in [0.2, 0.25) is 17.6 Å². The summed E-state index contributed by atoms with van der Waals surface area (Å²) >= 11 is 0. The van der Waals surface area contributed by atoms with Gasteiger partial charge in [-0.05, 0) is 36.0 Å². The first kappa shape index (κ1) is 26.8. The van der Waals surface area contributed by atoms with Crippen LogP contribution in [0.5, 0.6) is 0 Å². The maximum Gasteiger partial charge on any atom is 0.289 e. The number of rotatable bonds is 12. The molecule has 38 heavy (non-hydrogen) atoms. The molecule has 1 saturated heterocycles. The van der Waals surface area contributed by atoms with Gasteiger partial charge in [-0.15, -0.1) is 0 Å². The Labute approximate surface area is 223 Å². The number of nitrogens with one attached hydrogen (secondary N) is 2. The molecule has 3 aromatic rings. The molecule has 0 radical (unpaired) electrons. The molecule has 0 aliphatic carbocycles. The second-order valence-electron chi connectivity index (χ2n) is 9.53. The molecule has 2 N–H and O–H groups in total. The fourth-order valence-electron chi connectivity index (χ4n) is 4.68. The summed E-state index contributed by atoms with van der Waals surface area (Å²) in [6, 6.07) is 26.9. The smallest absolute Gasteiger partial charge is 0.289 e. The number of hydrogen-bond acceptors (Lipinski definition) is 4. The van der Waals surface area contributed by atoms with Crippen molar-refractivity contribution in [1.29, 1.82) is 0 Å². The van der Waals surface area contributed by atoms with Gasteiger partial charge in [0.1, 0.15) is 12.1 Å². The van der Waals surface area contributed by atoms with Gasteiger partial charge in [0.15, 0.2) is 0 Å². The van der Waals surface area contributed by atoms with Crippen molar-refractivity contribution in [2.45, 2.75) is 50.7 Å². The molecular formula is C31H33N3O4. The molecule has 3 aromatic carbocycles. The molecule has 196 valence electrons. The van der Waals surface area contributed by atoms with Gasteiger partial charge in [-0.25, -0.2) is 0 Å². The number of Topliss-reactive ketones (excluding diaryl/α,β-unsaturated/α-hetero) is 1. The lowest BCUT2D eigenvalue weighted by atomic mass is 9.98. The molecule has 1 aliphatic rings. The Hall–Kier alpha value is -4.26. The van der Waals surface area contributed by atoms with Gasteiger partial charge in [-0.3, -0.25) is 19.2 Å². The van der Waals surface area contributed by atoms with Crippen LogP contribution in [0.25, 0.3) is 0 Å². The van der Waals surface area contributed by atoms with Crippen molar-refractivity contribution in [2.75, 3.05) is 6.54 Å². The molecule has 0 aromatic heterocycles. The van der Waals surface area contributed by atoms with Crippen LogP contribution in [0.15, 0.2) is 91.0 Å². The lowest BCUT2D eigenvalue weighted by molar-refractivity contribution is -0.147. The van der Waals surface area contributed by atoms with Gasteiger partial charge in [-0.1, -0.05) is 91.0 Å². The number of carbonyl (C=O) groups is 4. The van der Waals surface area contributed by atoms with E-state index in [0.717, 1.165) is 23.1 Å². The van der Waals surface area contributed by atoms with Crippen molar-refractivity contribution < 1.29 is 19.2 Å². The van der Waals surface area contributed by atoms with Crippen molar-refractivity contribution in [2.24, 2.45) is 0 Å². The second kappa shape index (κ2) is 13.3. The zero-order chi connectivity index (χ0) is 26.7. The largest absolute Gasteiger partial charge is 0.349 e. The third kappa shape index (κ3) is 7.38. The summed E-state index contributed by atoms with van der Waals surface area (Å²) in [5.41, 5.74) is 2.83. The maximum atomic E-state index is 13.7. The number of ketones is 1. The molecule has 3 amide bonds. The number of nitrogens with zero attached hydrogens (tertiary/aromatic N) is 1. The Kier molecular flexibility index (Phi) is 9.40. The second-order valence-corrected chi connectivity index (χ2v) is 9.53. The molecule has 1 aliphatic heterocycles. The average Bonchev–Trinajstić information content (AvgIpc) is 3.40. The Morgan fingerprint density at radius 2 is 1.42 bits per heavy atom. The minimum absolute atomic E-state index is 0.149. The summed E-state index contributed by atoms with van der Waals surface area (Å²) < 4.78 is 0. The molecule has 0 saturated carbocycles. The molecule has 0 spiro atoms. The van der Waals surface area contributed by atoms with Crippen molar-refractivity contribution in [1.82, 2.24) is 15.5 Å². The highest BCUT2D eigenvalue weighted by molar-refractivity contribution is 6.38. The van der Waals surface area contributed by atoms with E-state index in [-0.39, 0.29) is 31.2 Å². The van der Waals surface area contributed by atoms with Gasteiger partial charge < -0.3 is 15.5 Å². The molecule has 2 atom stereocenters. The number of benzene rings is 3. The zero-order valence-electron chi connectivity index (χ0n) is 21.3. The van der Waals surface area contributed by atoms with E-state index in [4.69, 9.17) is 0 Å². The lowest BCUT2D eigenvalue weighted by Gasteiger charge is -2.33. The van der Waals surface area contributed by atoms with Crippen LogP contribution in [0.2, 0.25) is 0 Å². The lowest BCUT2D eigenvalue weighted by Crippen LogP contribution is -2.55. The van der Waals surface area contributed by atoms with E-state index in [2.05, 4.69) is 10.6 Å². The third-order valence-corrected chi connectivity index (χ3v) is 6.72. The predicted octanol–water partition coefficient (Wildman–Crippen LogP) is 3.22. The van der Waals surface area contributed by atoms with Crippen LogP contribution in [-0.4, -0.2) is 47.0 Å². The van der Waals surface area contributed by atoms with Gasteiger partial charge in [0.05, 0.1) is 0 Å². The summed E-state index contributed by atoms with van der Waals surface area (Å²) in [5, 5.41) is 5.48. The average molecular weight is 512 g/mol. The highest BCUT2D eigenvalue weighted by Gasteiger charge is 2.38. The summed E-state index contributed by atoms with van der Waals surface area (Å²) in [5.74, 6) is -1.92. The molecular weight excluding hydrogens is 478 g/mol. The van der Waals surface area contributed by atoms with Crippen LogP contribution in [0.1, 0.15) is 36.0 Å². The number of aryl methyl sites for hydroxylation is 1. The standard InChI is InChI=1S/C31H33N3O4/c35-28-19-18-26(33-28)31(38)34(22-25-15-8-3-9-16-25)27(21-24-13-6-2-7-14-24)29(36)30(37)32-20-10-17-23-11-4-1-5-12-23/h1-9,11-16,26-27H,10,17-22H2,(H,32,37)(H,33,35). The Balaban J connectivity index is 1.54. The summed E-state index contributed by atoms with van der Waals surface area (Å²) in [4.78, 5) is 53.7. The van der Waals surface area contributed by atoms with Crippen LogP contribution in [-0.2, 0) is 38.6 Å². The fourth-order valence-corrected chi connectivity index (χ4v) is 4.68. The topological polar surface area (TPSA) is 95.6 Å². The third-order valence-electron chi connectivity index (χ3n) is 6.72. The van der Waals surface area contributed by atoms with Crippen molar-refractivity contribution in [3.8, 4) is 0 Å². The Bertz CT molecular complexity index is 1230. The van der Waals surface area contributed by atoms with Gasteiger partial charge >= 0.3 is 0 Å². The van der Waals surface area contributed by atoms with E-state index in [0.29, 0.717) is 19.4 Å². The number of hydrogen-bond donors (Lipinski definition) is 2. The Morgan fingerprint density at radius 3 is 2.00 bits per heavy atom. The summed E-state index contributed by atoms with van der Waals surface area (Å²) in [6.45, 7) is 0.499. The summed E-state index contributed by atoms with van der Waals surface area (Å²) in [7, 11) is 0. The monoisotopic (exact) mass is 511 g/mol. The van der Waals surface area contributed by atoms with Crippen molar-refractivity contribution in [3.63, 3.8) is 0 Å². The van der Waals surface area contributed by atoms with Gasteiger partial charge in [0, 0.05) is 25.9 Å². The summed E-state index contributed by atoms with van der Waals surface area (Å²) in [6.07, 6.45) is 2.28. The molecule has 1 fully saturated rings. The normalized spacial score (nSPS) is 15.4. The van der Waals surface area contributed by atoms with Crippen molar-refractivity contribution >= 4 is 23.5 Å². The quantitative estimate of drug-likeness (QED) is 0.288. The molecule has 4 rings (SSSR count). The van der Waals surface area contributed by atoms with E-state index in [9.17, 15) is 19.2 Å². The fraction of sp³-hybridized carbons (Fsp3) is 0.290. The van der Waals surface area contributed by atoms with E-state index in [1.807, 2.05) is 91.0 Å². The number of carbonyl (C=O) groups excluding carboxylic acids is 4. The van der Waals surface area contributed by atoms with Crippen LogP contribution >= 0.6 is 0 Å². The van der Waals surface area contributed by atoms with Crippen LogP contribution in [0, 0.1) is 0 Å². The van der Waals surface area contributed by atoms with E-state index in [1.54, 1.807) is 0 Å². The first-order valence-electron chi connectivity index (χ1n) is 13.0. The Morgan fingerprint density at radius 1 is 0.842 bits per heavy atom. The molecule has 7 nitrogen and oxygen atoms in total. The molecule has 2 unspecified atom stereocenters. The molecule has 1 heterocycles. The van der Waals surface area contributed by atoms with E-state index in [1.165, 1.54) is 4.90 Å². The highest BCUT2D eigenvalue weighted by atomic mass is 16.2. The van der Waals surface area contributed by atoms with Crippen molar-refractivity contribution in [3.05, 3.63) is 108 Å². The molecule has 7 heteroatoms. The predicted molar refractivity (Wildman–Crippen MR) is 145 cm³/mol. The van der Waals surface area contributed by atoms with Crippen LogP contribution in [0.4, 0.5) is 0 Å². The minimum Gasteiger partial charge on any atom is -0.349 e. The highest BCUT2D eigenvalue weighted by Crippen LogP contribution is 2.19. The zero-order valence-corrected chi connectivity index (χ0v) is 21.3. The van der Waals surface area contributed by atoms with Gasteiger partial charge in [0.25, 0.3) is 5.91 Å². The van der Waals surface area contributed by atoms with Gasteiger partial charge in [-0.2, -0.15) is 0 Å². The van der Waals surface area contributed by atoms with Crippen LogP contribution < -0.4 is 10.6 Å². The maximum absolute atomic E-state index is 13.7. The molecule has 0 bridgehead atoms. The number of amides is 3. The minimum atomic E-state index is -1.02. The first-order valence-corrected chi connectivity index (χ1v) is 13.0.